The van der Waals surface area contributed by atoms with Crippen molar-refractivity contribution in [2.24, 2.45) is 0 Å². The summed E-state index contributed by atoms with van der Waals surface area (Å²) in [6, 6.07) is 59.8. The standard InChI is InChI=1S/C15H13NO3.4C11H6F2N.C9H9Cl.C6H5NO3.CH2O3.2Ir.2K.H/c1-2-11-5-7-12(8-6-11)10-19-13-4-3-9-16-14(13)15(17)18;4*12-8-4-5-9(10(13)7-8)11-3-1-2-6-14-11;1-2-8-3-5-9(7-10)6-4-8;8-4-2-1-3-7-5(4)6(9)10;2-1-4-3;;;;;/h2-9H,1,10H2,(H,17,18);4*1-4,6-7H;2-6H,1,7H2;1-3,8H,(H,9,10);1,3H;;;;;/q;4*-1;;;;;;2*+1;-1/p-1. The molecule has 0 spiro atoms. The summed E-state index contributed by atoms with van der Waals surface area (Å²) in [5, 5.41) is 34.6. The number of nitrogens with zero attached hydrogens (tertiary/aromatic N) is 6. The van der Waals surface area contributed by atoms with Gasteiger partial charge in [0.2, 0.25) is 0 Å². The van der Waals surface area contributed by atoms with Gasteiger partial charge in [-0.15, -0.1) is 60.1 Å². The van der Waals surface area contributed by atoms with Crippen molar-refractivity contribution in [1.29, 1.82) is 0 Å². The number of alkyl halides is 1. The third-order valence-corrected chi connectivity index (χ3v) is 12.4. The molecule has 0 bridgehead atoms. The second-order valence-electron chi connectivity index (χ2n) is 18.9. The molecule has 6 heterocycles. The average Bonchev–Trinajstić information content (AvgIpc) is 0.872. The molecule has 0 fully saturated rings. The maximum absolute atomic E-state index is 13.2. The Bertz CT molecular complexity index is 4180. The van der Waals surface area contributed by atoms with Gasteiger partial charge < -0.3 is 51.6 Å². The normalized spacial score (nSPS) is 9.34. The maximum atomic E-state index is 13.2. The zero-order valence-corrected chi connectivity index (χ0v) is 65.8. The first-order valence-electron chi connectivity index (χ1n) is 28.3. The predicted octanol–water partition coefficient (Wildman–Crippen LogP) is 10.4. The zero-order chi connectivity index (χ0) is 71.9. The molecule has 15 nitrogen and oxygen atoms in total. The van der Waals surface area contributed by atoms with Gasteiger partial charge in [-0.25, -0.2) is 19.6 Å². The molecule has 524 valence electrons. The van der Waals surface area contributed by atoms with Crippen LogP contribution in [0.2, 0.25) is 0 Å². The molecular weight excluding hydrogens is 1780 g/mol. The molecule has 12 aromatic rings. The Morgan fingerprint density at radius 3 is 1.02 bits per heavy atom. The van der Waals surface area contributed by atoms with E-state index in [1.807, 2.05) is 54.6 Å². The first kappa shape index (κ1) is 93.0. The number of carbonyl (C=O) groups is 3. The van der Waals surface area contributed by atoms with Crippen LogP contribution >= 0.6 is 11.6 Å². The number of hydrogen-bond donors (Lipinski definition) is 3. The number of carboxylic acid groups (broad SMARTS) is 2. The first-order chi connectivity index (χ1) is 47.8. The number of rotatable bonds is 13. The van der Waals surface area contributed by atoms with Crippen LogP contribution in [0, 0.1) is 70.8 Å². The minimum Gasteiger partial charge on any atom is -1.00 e. The van der Waals surface area contributed by atoms with Gasteiger partial charge in [-0.1, -0.05) is 169 Å². The maximum Gasteiger partial charge on any atom is 1.00 e. The summed E-state index contributed by atoms with van der Waals surface area (Å²) in [5.74, 6) is -6.93. The zero-order valence-electron chi connectivity index (χ0n) is 55.0. The minimum atomic E-state index is -1.22. The Kier molecular flexibility index (Phi) is 46.9. The molecule has 28 heteroatoms. The number of aromatic nitrogens is 6. The molecule has 0 amide bonds. The summed E-state index contributed by atoms with van der Waals surface area (Å²) < 4.78 is 109. The van der Waals surface area contributed by atoms with Crippen LogP contribution < -0.4 is 113 Å². The quantitative estimate of drug-likeness (QED) is 0.0185. The van der Waals surface area contributed by atoms with Crippen LogP contribution in [0.4, 0.5) is 35.1 Å². The second kappa shape index (κ2) is 52.0. The third-order valence-electron chi connectivity index (χ3n) is 12.1. The van der Waals surface area contributed by atoms with Crippen molar-refractivity contribution < 1.29 is 224 Å². The summed E-state index contributed by atoms with van der Waals surface area (Å²) >= 11 is 5.60. The van der Waals surface area contributed by atoms with Gasteiger partial charge >= 0.3 is 115 Å². The minimum absolute atomic E-state index is 0. The number of halogens is 9. The van der Waals surface area contributed by atoms with E-state index in [9.17, 15) is 44.7 Å². The largest absolute Gasteiger partial charge is 1.00 e. The smallest absolute Gasteiger partial charge is 1.00 e. The van der Waals surface area contributed by atoms with E-state index in [0.29, 0.717) is 35.3 Å². The average molecular weight is 1830 g/mol. The van der Waals surface area contributed by atoms with Crippen molar-refractivity contribution >= 4 is 42.2 Å². The number of carboxylic acids is 2. The van der Waals surface area contributed by atoms with Crippen molar-refractivity contribution in [3.63, 3.8) is 0 Å². The van der Waals surface area contributed by atoms with Crippen LogP contribution in [0.5, 0.6) is 11.5 Å². The molecule has 6 aromatic heterocycles. The van der Waals surface area contributed by atoms with Gasteiger partial charge in [-0.2, -0.15) is 0 Å². The fraction of sp³-hybridized carbons (Fsp3) is 0.0267. The molecule has 3 N–H and O–H groups in total. The molecule has 0 saturated heterocycles. The van der Waals surface area contributed by atoms with E-state index in [0.717, 1.165) is 70.8 Å². The van der Waals surface area contributed by atoms with Crippen LogP contribution in [0.15, 0.2) is 244 Å². The Morgan fingerprint density at radius 2 is 0.767 bits per heavy atom. The Balaban J connectivity index is 0.00000118. The molecule has 2 radical (unpaired) electrons. The van der Waals surface area contributed by atoms with E-state index in [1.54, 1.807) is 116 Å². The number of hydrogen-bond acceptors (Lipinski definition) is 13. The summed E-state index contributed by atoms with van der Waals surface area (Å²) in [7, 11) is 0. The molecule has 0 unspecified atom stereocenters. The Labute approximate surface area is 705 Å². The Hall–Kier alpha value is -8.03. The van der Waals surface area contributed by atoms with Crippen molar-refractivity contribution in [2.75, 3.05) is 0 Å². The van der Waals surface area contributed by atoms with E-state index in [4.69, 9.17) is 41.7 Å². The van der Waals surface area contributed by atoms with Crippen molar-refractivity contribution in [3.05, 3.63) is 349 Å². The van der Waals surface area contributed by atoms with Crippen molar-refractivity contribution in [2.45, 2.75) is 12.5 Å². The van der Waals surface area contributed by atoms with Crippen LogP contribution in [-0.4, -0.2) is 63.6 Å². The summed E-state index contributed by atoms with van der Waals surface area (Å²) in [6.07, 6.45) is 12.5. The summed E-state index contributed by atoms with van der Waals surface area (Å²) in [4.78, 5) is 55.4. The molecule has 0 aliphatic heterocycles. The van der Waals surface area contributed by atoms with Gasteiger partial charge in [-0.3, -0.25) is 39.9 Å². The van der Waals surface area contributed by atoms with Gasteiger partial charge in [0.1, 0.15) is 12.4 Å². The Morgan fingerprint density at radius 1 is 0.466 bits per heavy atom. The number of aromatic carboxylic acids is 2. The van der Waals surface area contributed by atoms with E-state index in [2.05, 4.69) is 72.2 Å². The summed E-state index contributed by atoms with van der Waals surface area (Å²) in [6.45, 7) is 7.45. The number of ether oxygens (including phenoxy) is 1. The molecule has 0 atom stereocenters. The topological polar surface area (TPSA) is 231 Å². The van der Waals surface area contributed by atoms with Crippen molar-refractivity contribution in [1.82, 2.24) is 29.9 Å². The molecule has 103 heavy (non-hydrogen) atoms. The van der Waals surface area contributed by atoms with Crippen LogP contribution in [0.3, 0.4) is 0 Å². The van der Waals surface area contributed by atoms with Crippen molar-refractivity contribution in [3.8, 4) is 56.5 Å². The van der Waals surface area contributed by atoms with E-state index < -0.39 is 58.5 Å². The number of pyridine rings is 6. The second-order valence-corrected chi connectivity index (χ2v) is 19.1. The molecular formula is C75H53ClF8Ir2K2N6O9-4. The monoisotopic (exact) mass is 1830 g/mol. The van der Waals surface area contributed by atoms with E-state index in [-0.39, 0.29) is 196 Å². The van der Waals surface area contributed by atoms with Crippen LogP contribution in [0.1, 0.15) is 44.7 Å². The number of aromatic hydroxyl groups is 1. The molecule has 0 aliphatic rings. The molecule has 12 rings (SSSR count). The van der Waals surface area contributed by atoms with Gasteiger partial charge in [0.05, 0.1) is 0 Å². The number of carbonyl (C=O) groups excluding carboxylic acids is 1. The van der Waals surface area contributed by atoms with Crippen LogP contribution in [-0.2, 0) is 62.4 Å². The van der Waals surface area contributed by atoms with Gasteiger partial charge in [0.25, 0.3) is 6.47 Å². The van der Waals surface area contributed by atoms with E-state index >= 15 is 0 Å². The predicted molar refractivity (Wildman–Crippen MR) is 353 cm³/mol. The van der Waals surface area contributed by atoms with Gasteiger partial charge in [0, 0.05) is 130 Å². The SMILES string of the molecule is C=Cc1ccc(CCl)cc1.C=Cc1ccc(COc2cccnc2C(=O)O)cc1.Fc1c[c-]c(-c2ccccn2)c(F)c1.Fc1c[c-]c(-c2ccccn2)c(F)c1.Fc1c[c-]c(-c2ccccn2)c(F)c1.Fc1c[c-]c(-c2ccccn2)c(F)c1.O=C(O)c1ncccc1O.O=CO[O-].[H-].[Ir].[Ir].[K+].[K+]. The van der Waals surface area contributed by atoms with E-state index in [1.165, 1.54) is 24.5 Å². The number of benzene rings is 6. The van der Waals surface area contributed by atoms with Gasteiger partial charge in [0.15, 0.2) is 17.1 Å². The molecule has 0 aliphatic carbocycles. The molecule has 0 saturated carbocycles. The summed E-state index contributed by atoms with van der Waals surface area (Å²) in [5.41, 5.74) is 6.40. The van der Waals surface area contributed by atoms with Gasteiger partial charge in [-0.05, 0) is 93.6 Å². The first-order valence-corrected chi connectivity index (χ1v) is 28.8. The fourth-order valence-corrected chi connectivity index (χ4v) is 7.67. The molecule has 6 aromatic carbocycles. The van der Waals surface area contributed by atoms with Crippen LogP contribution in [0.25, 0.3) is 57.2 Å². The third kappa shape index (κ3) is 33.5. The fourth-order valence-electron chi connectivity index (χ4n) is 7.49.